The van der Waals surface area contributed by atoms with Crippen molar-refractivity contribution in [2.75, 3.05) is 0 Å². The SMILES string of the molecule is CCn1c(=O)c2c(ncn2Cc2cccc(C(F)(F)F)c2)n(-c2ccc(C(C)C)cc2)c1=O. The minimum absolute atomic E-state index is 0.00383. The molecule has 4 rings (SSSR count). The molecule has 0 unspecified atom stereocenters. The summed E-state index contributed by atoms with van der Waals surface area (Å²) in [6.07, 6.45) is -3.09. The summed E-state index contributed by atoms with van der Waals surface area (Å²) in [5.41, 5.74) is 0.528. The monoisotopic (exact) mass is 456 g/mol. The third kappa shape index (κ3) is 4.10. The lowest BCUT2D eigenvalue weighted by Crippen LogP contribution is -2.39. The third-order valence-electron chi connectivity index (χ3n) is 5.64. The number of alkyl halides is 3. The van der Waals surface area contributed by atoms with E-state index in [9.17, 15) is 22.8 Å². The van der Waals surface area contributed by atoms with E-state index >= 15 is 0 Å². The molecule has 172 valence electrons. The summed E-state index contributed by atoms with van der Waals surface area (Å²) in [5.74, 6) is 0.312. The van der Waals surface area contributed by atoms with Crippen LogP contribution in [0.5, 0.6) is 0 Å². The highest BCUT2D eigenvalue weighted by atomic mass is 19.4. The zero-order chi connectivity index (χ0) is 23.9. The highest BCUT2D eigenvalue weighted by Crippen LogP contribution is 2.30. The van der Waals surface area contributed by atoms with E-state index in [1.807, 2.05) is 12.1 Å². The van der Waals surface area contributed by atoms with Crippen molar-refractivity contribution in [1.82, 2.24) is 18.7 Å². The van der Waals surface area contributed by atoms with Crippen molar-refractivity contribution in [2.45, 2.75) is 46.0 Å². The van der Waals surface area contributed by atoms with E-state index in [1.165, 1.54) is 21.5 Å². The van der Waals surface area contributed by atoms with Crippen molar-refractivity contribution >= 4 is 11.2 Å². The molecule has 0 amide bonds. The number of imidazole rings is 1. The fourth-order valence-corrected chi connectivity index (χ4v) is 3.86. The largest absolute Gasteiger partial charge is 0.416 e. The summed E-state index contributed by atoms with van der Waals surface area (Å²) in [6.45, 7) is 5.96. The molecule has 2 aromatic heterocycles. The Morgan fingerprint density at radius 2 is 1.73 bits per heavy atom. The maximum absolute atomic E-state index is 13.1. The van der Waals surface area contributed by atoms with Crippen LogP contribution in [0.2, 0.25) is 0 Å². The van der Waals surface area contributed by atoms with Crippen molar-refractivity contribution < 1.29 is 13.2 Å². The van der Waals surface area contributed by atoms with Gasteiger partial charge in [-0.1, -0.05) is 38.1 Å². The van der Waals surface area contributed by atoms with Crippen LogP contribution in [0.1, 0.15) is 43.4 Å². The fraction of sp³-hybridized carbons (Fsp3) is 0.292. The minimum Gasteiger partial charge on any atom is -0.320 e. The van der Waals surface area contributed by atoms with E-state index in [0.29, 0.717) is 17.2 Å². The van der Waals surface area contributed by atoms with Gasteiger partial charge in [-0.15, -0.1) is 0 Å². The average Bonchev–Trinajstić information content (AvgIpc) is 3.17. The number of rotatable bonds is 5. The molecule has 0 N–H and O–H groups in total. The molecule has 0 saturated heterocycles. The molecule has 0 spiro atoms. The van der Waals surface area contributed by atoms with Crippen LogP contribution in [0.15, 0.2) is 64.4 Å². The fourth-order valence-electron chi connectivity index (χ4n) is 3.86. The lowest BCUT2D eigenvalue weighted by Gasteiger charge is -2.13. The molecule has 9 heteroatoms. The van der Waals surface area contributed by atoms with Crippen LogP contribution in [-0.2, 0) is 19.3 Å². The number of nitrogens with zero attached hydrogens (tertiary/aromatic N) is 4. The van der Waals surface area contributed by atoms with Crippen LogP contribution in [0.4, 0.5) is 13.2 Å². The van der Waals surface area contributed by atoms with Crippen molar-refractivity contribution in [3.63, 3.8) is 0 Å². The molecular weight excluding hydrogens is 433 g/mol. The highest BCUT2D eigenvalue weighted by Gasteiger charge is 2.30. The van der Waals surface area contributed by atoms with E-state index in [4.69, 9.17) is 0 Å². The second kappa shape index (κ2) is 8.38. The number of halogens is 3. The standard InChI is InChI=1S/C24H23F3N4O2/c1-4-30-22(32)20-21(31(23(30)33)19-10-8-17(9-11-19)15(2)3)28-14-29(20)13-16-6-5-7-18(12-16)24(25,26)27/h5-12,14-15H,4,13H2,1-3H3. The van der Waals surface area contributed by atoms with Gasteiger partial charge in [0.15, 0.2) is 11.2 Å². The minimum atomic E-state index is -4.47. The zero-order valence-electron chi connectivity index (χ0n) is 18.4. The van der Waals surface area contributed by atoms with Crippen molar-refractivity contribution in [2.24, 2.45) is 0 Å². The summed E-state index contributed by atoms with van der Waals surface area (Å²) in [7, 11) is 0. The first-order valence-corrected chi connectivity index (χ1v) is 10.6. The first-order chi connectivity index (χ1) is 15.6. The van der Waals surface area contributed by atoms with Crippen LogP contribution in [-0.4, -0.2) is 18.7 Å². The molecular formula is C24H23F3N4O2. The molecule has 33 heavy (non-hydrogen) atoms. The topological polar surface area (TPSA) is 61.8 Å². The quantitative estimate of drug-likeness (QED) is 0.442. The Balaban J connectivity index is 1.89. The molecule has 4 aromatic rings. The number of fused-ring (bicyclic) bond motifs is 1. The van der Waals surface area contributed by atoms with E-state index in [2.05, 4.69) is 18.8 Å². The molecule has 0 aliphatic rings. The summed E-state index contributed by atoms with van der Waals surface area (Å²) < 4.78 is 43.3. The summed E-state index contributed by atoms with van der Waals surface area (Å²) in [5, 5.41) is 0. The van der Waals surface area contributed by atoms with E-state index in [-0.39, 0.29) is 24.3 Å². The second-order valence-corrected chi connectivity index (χ2v) is 8.16. The Bertz CT molecular complexity index is 1430. The van der Waals surface area contributed by atoms with Crippen LogP contribution < -0.4 is 11.2 Å². The molecule has 0 bridgehead atoms. The second-order valence-electron chi connectivity index (χ2n) is 8.16. The van der Waals surface area contributed by atoms with Crippen molar-refractivity contribution in [1.29, 1.82) is 0 Å². The molecule has 2 heterocycles. The van der Waals surface area contributed by atoms with Gasteiger partial charge < -0.3 is 4.57 Å². The lowest BCUT2D eigenvalue weighted by atomic mass is 10.0. The molecule has 0 radical (unpaired) electrons. The maximum atomic E-state index is 13.1. The predicted octanol–water partition coefficient (Wildman–Crippen LogP) is 4.56. The van der Waals surface area contributed by atoms with Crippen LogP contribution in [0, 0.1) is 0 Å². The van der Waals surface area contributed by atoms with Gasteiger partial charge in [-0.25, -0.2) is 14.3 Å². The highest BCUT2D eigenvalue weighted by molar-refractivity contribution is 5.72. The van der Waals surface area contributed by atoms with Gasteiger partial charge in [0.1, 0.15) is 0 Å². The summed E-state index contributed by atoms with van der Waals surface area (Å²) >= 11 is 0. The smallest absolute Gasteiger partial charge is 0.320 e. The molecule has 6 nitrogen and oxygen atoms in total. The van der Waals surface area contributed by atoms with Gasteiger partial charge in [0.25, 0.3) is 5.56 Å². The van der Waals surface area contributed by atoms with Crippen molar-refractivity contribution in [3.8, 4) is 5.69 Å². The van der Waals surface area contributed by atoms with E-state index in [1.54, 1.807) is 25.1 Å². The molecule has 0 aliphatic heterocycles. The van der Waals surface area contributed by atoms with E-state index < -0.39 is 23.0 Å². The molecule has 0 saturated carbocycles. The van der Waals surface area contributed by atoms with Crippen LogP contribution in [0.25, 0.3) is 16.9 Å². The Kier molecular flexibility index (Phi) is 5.73. The summed E-state index contributed by atoms with van der Waals surface area (Å²) in [6, 6.07) is 12.4. The Hall–Kier alpha value is -3.62. The lowest BCUT2D eigenvalue weighted by molar-refractivity contribution is -0.137. The number of benzene rings is 2. The molecule has 0 atom stereocenters. The van der Waals surface area contributed by atoms with Gasteiger partial charge in [0.05, 0.1) is 17.6 Å². The Labute approximate surface area is 187 Å². The first-order valence-electron chi connectivity index (χ1n) is 10.6. The van der Waals surface area contributed by atoms with Crippen molar-refractivity contribution in [3.05, 3.63) is 92.4 Å². The van der Waals surface area contributed by atoms with Crippen LogP contribution >= 0.6 is 0 Å². The Morgan fingerprint density at radius 3 is 2.33 bits per heavy atom. The van der Waals surface area contributed by atoms with Gasteiger partial charge in [-0.3, -0.25) is 9.36 Å². The average molecular weight is 456 g/mol. The molecule has 0 fully saturated rings. The molecule has 2 aromatic carbocycles. The van der Waals surface area contributed by atoms with E-state index in [0.717, 1.165) is 22.3 Å². The van der Waals surface area contributed by atoms with Crippen LogP contribution in [0.3, 0.4) is 0 Å². The number of hydrogen-bond acceptors (Lipinski definition) is 3. The van der Waals surface area contributed by atoms with Gasteiger partial charge >= 0.3 is 11.9 Å². The van der Waals surface area contributed by atoms with Gasteiger partial charge in [-0.2, -0.15) is 13.2 Å². The zero-order valence-corrected chi connectivity index (χ0v) is 18.4. The number of hydrogen-bond donors (Lipinski definition) is 0. The van der Waals surface area contributed by atoms with Gasteiger partial charge in [0, 0.05) is 13.1 Å². The van der Waals surface area contributed by atoms with Gasteiger partial charge in [0.2, 0.25) is 0 Å². The molecule has 0 aliphatic carbocycles. The normalized spacial score (nSPS) is 12.1. The maximum Gasteiger partial charge on any atom is 0.416 e. The Morgan fingerprint density at radius 1 is 1.03 bits per heavy atom. The predicted molar refractivity (Wildman–Crippen MR) is 120 cm³/mol. The number of aromatic nitrogens is 4. The first kappa shape index (κ1) is 22.6. The summed E-state index contributed by atoms with van der Waals surface area (Å²) in [4.78, 5) is 30.6. The third-order valence-corrected chi connectivity index (χ3v) is 5.64. The van der Waals surface area contributed by atoms with Gasteiger partial charge in [-0.05, 0) is 48.2 Å².